The van der Waals surface area contributed by atoms with E-state index in [0.29, 0.717) is 18.6 Å². The third-order valence-corrected chi connectivity index (χ3v) is 3.06. The Labute approximate surface area is 108 Å². The van der Waals surface area contributed by atoms with E-state index in [2.05, 4.69) is 14.9 Å². The first kappa shape index (κ1) is 13.1. The summed E-state index contributed by atoms with van der Waals surface area (Å²) in [6.45, 7) is 4.31. The van der Waals surface area contributed by atoms with Crippen LogP contribution in [0.15, 0.2) is 12.4 Å². The van der Waals surface area contributed by atoms with Crippen LogP contribution in [0.5, 0.6) is 5.88 Å². The number of rotatable bonds is 5. The van der Waals surface area contributed by atoms with Crippen LogP contribution in [0.2, 0.25) is 0 Å². The zero-order chi connectivity index (χ0) is 12.8. The minimum absolute atomic E-state index is 0.314. The van der Waals surface area contributed by atoms with Gasteiger partial charge in [0.1, 0.15) is 12.1 Å². The predicted molar refractivity (Wildman–Crippen MR) is 70.1 cm³/mol. The van der Waals surface area contributed by atoms with E-state index in [0.717, 1.165) is 25.4 Å². The lowest BCUT2D eigenvalue weighted by molar-refractivity contribution is 0.0215. The second kappa shape index (κ2) is 6.54. The van der Waals surface area contributed by atoms with Crippen molar-refractivity contribution >= 4 is 5.82 Å². The van der Waals surface area contributed by atoms with Gasteiger partial charge in [-0.05, 0) is 26.2 Å². The number of hydrogen-bond donors (Lipinski definition) is 0. The molecule has 1 saturated heterocycles. The molecular weight excluding hydrogens is 230 g/mol. The van der Waals surface area contributed by atoms with Crippen molar-refractivity contribution in [1.29, 1.82) is 0 Å². The first-order valence-electron chi connectivity index (χ1n) is 6.57. The zero-order valence-electron chi connectivity index (χ0n) is 11.1. The van der Waals surface area contributed by atoms with Gasteiger partial charge in [-0.15, -0.1) is 0 Å². The minimum Gasteiger partial charge on any atom is -0.478 e. The summed E-state index contributed by atoms with van der Waals surface area (Å²) < 4.78 is 11.1. The van der Waals surface area contributed by atoms with Crippen molar-refractivity contribution in [3.05, 3.63) is 12.4 Å². The number of nitrogens with zero attached hydrogens (tertiary/aromatic N) is 3. The van der Waals surface area contributed by atoms with E-state index < -0.39 is 0 Å². The largest absolute Gasteiger partial charge is 0.478 e. The summed E-state index contributed by atoms with van der Waals surface area (Å²) in [5.74, 6) is 1.50. The molecule has 2 heterocycles. The van der Waals surface area contributed by atoms with Gasteiger partial charge < -0.3 is 14.4 Å². The second-order valence-electron chi connectivity index (χ2n) is 4.52. The molecule has 0 saturated carbocycles. The van der Waals surface area contributed by atoms with Crippen LogP contribution in [0.3, 0.4) is 0 Å². The fourth-order valence-electron chi connectivity index (χ4n) is 2.12. The van der Waals surface area contributed by atoms with Gasteiger partial charge in [0.2, 0.25) is 5.88 Å². The molecule has 0 aliphatic carbocycles. The summed E-state index contributed by atoms with van der Waals surface area (Å²) in [4.78, 5) is 10.4. The minimum atomic E-state index is 0.314. The van der Waals surface area contributed by atoms with Gasteiger partial charge in [0, 0.05) is 26.3 Å². The first-order valence-corrected chi connectivity index (χ1v) is 6.57. The van der Waals surface area contributed by atoms with Gasteiger partial charge in [-0.25, -0.2) is 9.97 Å². The average Bonchev–Trinajstić information content (AvgIpc) is 2.40. The maximum absolute atomic E-state index is 5.73. The van der Waals surface area contributed by atoms with Crippen LogP contribution in [0.4, 0.5) is 5.82 Å². The van der Waals surface area contributed by atoms with Crippen molar-refractivity contribution < 1.29 is 9.47 Å². The summed E-state index contributed by atoms with van der Waals surface area (Å²) in [7, 11) is 2.02. The highest BCUT2D eigenvalue weighted by Gasteiger charge is 2.17. The van der Waals surface area contributed by atoms with Crippen molar-refractivity contribution in [3.8, 4) is 5.88 Å². The molecule has 1 aliphatic rings. The fourth-order valence-corrected chi connectivity index (χ4v) is 2.12. The van der Waals surface area contributed by atoms with Gasteiger partial charge in [-0.1, -0.05) is 0 Å². The molecule has 1 atom stereocenters. The molecule has 0 aromatic carbocycles. The summed E-state index contributed by atoms with van der Waals surface area (Å²) in [6.07, 6.45) is 5.43. The molecule has 1 aromatic rings. The van der Waals surface area contributed by atoms with Gasteiger partial charge >= 0.3 is 0 Å². The first-order chi connectivity index (χ1) is 8.79. The van der Waals surface area contributed by atoms with Crippen molar-refractivity contribution in [2.45, 2.75) is 32.3 Å². The lowest BCUT2D eigenvalue weighted by Gasteiger charge is -2.28. The molecule has 5 nitrogen and oxygen atoms in total. The van der Waals surface area contributed by atoms with Crippen LogP contribution < -0.4 is 9.64 Å². The molecule has 100 valence electrons. The normalized spacial score (nSPS) is 19.6. The molecule has 0 amide bonds. The van der Waals surface area contributed by atoms with Crippen LogP contribution in [0, 0.1) is 0 Å². The molecule has 1 fully saturated rings. The molecule has 0 spiro atoms. The van der Waals surface area contributed by atoms with E-state index >= 15 is 0 Å². The number of aromatic nitrogens is 2. The monoisotopic (exact) mass is 251 g/mol. The Kier molecular flexibility index (Phi) is 4.75. The Morgan fingerprint density at radius 1 is 1.44 bits per heavy atom. The molecule has 18 heavy (non-hydrogen) atoms. The number of ether oxygens (including phenoxy) is 2. The highest BCUT2D eigenvalue weighted by molar-refractivity contribution is 5.39. The third-order valence-electron chi connectivity index (χ3n) is 3.06. The molecule has 2 rings (SSSR count). The van der Waals surface area contributed by atoms with Crippen LogP contribution in [-0.4, -0.2) is 42.9 Å². The van der Waals surface area contributed by atoms with E-state index in [4.69, 9.17) is 9.47 Å². The van der Waals surface area contributed by atoms with Gasteiger partial charge in [0.25, 0.3) is 0 Å². The molecule has 1 unspecified atom stereocenters. The number of hydrogen-bond acceptors (Lipinski definition) is 5. The highest BCUT2D eigenvalue weighted by Crippen LogP contribution is 2.18. The van der Waals surface area contributed by atoms with Crippen LogP contribution in [0.25, 0.3) is 0 Å². The standard InChI is InChI=1S/C13H21N3O2/c1-3-17-13-8-12(14-10-15-13)16(2)9-11-6-4-5-7-18-11/h8,10-11H,3-7,9H2,1-2H3. The second-order valence-corrected chi connectivity index (χ2v) is 4.52. The molecule has 1 aromatic heterocycles. The van der Waals surface area contributed by atoms with E-state index in [1.54, 1.807) is 6.33 Å². The Morgan fingerprint density at radius 2 is 2.33 bits per heavy atom. The van der Waals surface area contributed by atoms with Gasteiger partial charge in [0.15, 0.2) is 0 Å². The Balaban J connectivity index is 1.94. The van der Waals surface area contributed by atoms with Crippen molar-refractivity contribution in [1.82, 2.24) is 9.97 Å². The third kappa shape index (κ3) is 3.57. The van der Waals surface area contributed by atoms with Gasteiger partial charge in [-0.2, -0.15) is 0 Å². The maximum atomic E-state index is 5.73. The average molecular weight is 251 g/mol. The Bertz CT molecular complexity index is 367. The number of anilines is 1. The molecule has 0 N–H and O–H groups in total. The summed E-state index contributed by atoms with van der Waals surface area (Å²) in [5, 5.41) is 0. The highest BCUT2D eigenvalue weighted by atomic mass is 16.5. The predicted octanol–water partition coefficient (Wildman–Crippen LogP) is 1.88. The van der Waals surface area contributed by atoms with E-state index in [9.17, 15) is 0 Å². The van der Waals surface area contributed by atoms with Gasteiger partial charge in [-0.3, -0.25) is 0 Å². The summed E-state index contributed by atoms with van der Waals surface area (Å²) in [6, 6.07) is 1.87. The van der Waals surface area contributed by atoms with Crippen LogP contribution >= 0.6 is 0 Å². The zero-order valence-corrected chi connectivity index (χ0v) is 11.1. The molecule has 0 bridgehead atoms. The Morgan fingerprint density at radius 3 is 3.06 bits per heavy atom. The van der Waals surface area contributed by atoms with Crippen LogP contribution in [-0.2, 0) is 4.74 Å². The van der Waals surface area contributed by atoms with E-state index in [-0.39, 0.29) is 0 Å². The summed E-state index contributed by atoms with van der Waals surface area (Å²) >= 11 is 0. The van der Waals surface area contributed by atoms with E-state index in [1.165, 1.54) is 12.8 Å². The SMILES string of the molecule is CCOc1cc(N(C)CC2CCCCO2)ncn1. The lowest BCUT2D eigenvalue weighted by Crippen LogP contribution is -2.33. The smallest absolute Gasteiger partial charge is 0.218 e. The van der Waals surface area contributed by atoms with E-state index in [1.807, 2.05) is 20.0 Å². The van der Waals surface area contributed by atoms with Crippen molar-refractivity contribution in [2.75, 3.05) is 31.7 Å². The van der Waals surface area contributed by atoms with Crippen molar-refractivity contribution in [3.63, 3.8) is 0 Å². The summed E-state index contributed by atoms with van der Waals surface area (Å²) in [5.41, 5.74) is 0. The lowest BCUT2D eigenvalue weighted by atomic mass is 10.1. The molecule has 1 aliphatic heterocycles. The number of likely N-dealkylation sites (N-methyl/N-ethyl adjacent to an activating group) is 1. The van der Waals surface area contributed by atoms with Crippen LogP contribution in [0.1, 0.15) is 26.2 Å². The quantitative estimate of drug-likeness (QED) is 0.799. The Hall–Kier alpha value is -1.36. The van der Waals surface area contributed by atoms with Gasteiger partial charge in [0.05, 0.1) is 12.7 Å². The topological polar surface area (TPSA) is 47.5 Å². The fraction of sp³-hybridized carbons (Fsp3) is 0.692. The molecular formula is C13H21N3O2. The molecule has 0 radical (unpaired) electrons. The molecule has 5 heteroatoms. The maximum Gasteiger partial charge on any atom is 0.218 e. The van der Waals surface area contributed by atoms with Crippen molar-refractivity contribution in [2.24, 2.45) is 0 Å².